The molecule has 0 spiro atoms. The average Bonchev–Trinajstić information content (AvgIpc) is 0.847. The monoisotopic (exact) mass is 1490 g/mol. The van der Waals surface area contributed by atoms with Gasteiger partial charge in [0.15, 0.2) is 37.7 Å². The zero-order valence-electron chi connectivity index (χ0n) is 66.9. The third-order valence-corrected chi connectivity index (χ3v) is 15.3. The molecule has 36 heteroatoms. The summed E-state index contributed by atoms with van der Waals surface area (Å²) in [6.45, 7) is 33.1. The fraction of sp³-hybridized carbons (Fsp3) is 1.00. The van der Waals surface area contributed by atoms with Crippen molar-refractivity contribution in [2.75, 3.05) is 48.3 Å². The van der Waals surface area contributed by atoms with E-state index in [1.54, 1.807) is 85.5 Å². The van der Waals surface area contributed by atoms with Crippen LogP contribution in [0.1, 0.15) is 144 Å². The Morgan fingerprint density at radius 2 is 0.794 bits per heavy atom. The van der Waals surface area contributed by atoms with E-state index >= 15 is 0 Å². The summed E-state index contributed by atoms with van der Waals surface area (Å²) in [6, 6.07) is 0. The molecule has 6 rings (SSSR count). The molecule has 30 atom stereocenters. The van der Waals surface area contributed by atoms with Crippen molar-refractivity contribution in [1.82, 2.24) is 5.48 Å². The number of rotatable bonds is 24. The first-order valence-electron chi connectivity index (χ1n) is 34.8. The number of nitrogens with two attached hydrogens (primary N) is 1. The van der Waals surface area contributed by atoms with Crippen molar-refractivity contribution in [2.45, 2.75) is 345 Å². The predicted molar refractivity (Wildman–Crippen MR) is 369 cm³/mol. The molecule has 0 aromatic carbocycles. The smallest absolute Gasteiger partial charge is 0.213 e. The minimum Gasteiger partial charge on any atom is -0.389 e. The molecule has 6 aliphatic heterocycles. The number of aliphatic hydroxyl groups is 11. The van der Waals surface area contributed by atoms with Crippen LogP contribution >= 0.6 is 29.5 Å². The summed E-state index contributed by atoms with van der Waals surface area (Å²) < 4.78 is 124. The van der Waals surface area contributed by atoms with Crippen molar-refractivity contribution in [2.24, 2.45) is 10.9 Å². The molecular weight excluding hydrogens is 1350 g/mol. The highest BCUT2D eigenvalue weighted by atomic mass is 31.0. The molecule has 0 saturated carbocycles. The summed E-state index contributed by atoms with van der Waals surface area (Å²) in [5.74, 6) is 0. The first kappa shape index (κ1) is 90.8. The van der Waals surface area contributed by atoms with Gasteiger partial charge in [0.05, 0.1) is 90.2 Å². The van der Waals surface area contributed by atoms with Gasteiger partial charge in [0.1, 0.15) is 91.0 Å². The summed E-state index contributed by atoms with van der Waals surface area (Å²) in [4.78, 5) is 10.5. The first-order chi connectivity index (χ1) is 47.7. The molecule has 6 fully saturated rings. The predicted octanol–water partition coefficient (Wildman–Crippen LogP) is 0.279. The molecule has 588 valence electrons. The molecule has 3 unspecified atom stereocenters. The van der Waals surface area contributed by atoms with E-state index in [9.17, 15) is 45.8 Å². The van der Waals surface area contributed by atoms with Gasteiger partial charge in [0, 0.05) is 53.2 Å². The van der Waals surface area contributed by atoms with Crippen LogP contribution < -0.4 is 11.2 Å². The van der Waals surface area contributed by atoms with E-state index < -0.39 is 158 Å². The number of nitrogens with zero attached hydrogens (tertiary/aromatic N) is 1. The van der Waals surface area contributed by atoms with Crippen molar-refractivity contribution < 1.29 is 142 Å². The largest absolute Gasteiger partial charge is 0.389 e. The van der Waals surface area contributed by atoms with E-state index in [1.807, 2.05) is 88.6 Å². The number of hydroxylamine groups is 1. The zero-order valence-corrected chi connectivity index (χ0v) is 64.4. The summed E-state index contributed by atoms with van der Waals surface area (Å²) in [5.41, 5.74) is 5.08. The normalized spacial score (nSPS) is 40.1. The fourth-order valence-electron chi connectivity index (χ4n) is 10.7. The maximum absolute atomic E-state index is 10.5. The SMILES string of the molecule is COC[C@H]1O[C@@H](OC(C)C)[C@@H](O)[C@@H](O)[C@@H]1OC(C)C.COC[C@H]1O[C@@H](OC(C)C)[C@@H](OC)[C@@H](O)[C@@H]1OC(C)C.COC[C@H]1O[C@@H](OC(C)C)[C@H](O)[C@@H](O)[C@@H]1OC(C)C.F.[2H]P.[2H]P.[2H]P.[3H]O[C@@H]1C[C@](C)(N)[C@@H](O)[C@H](C)O1.[3H]O[C@@H]1C[C@](C)(N=O)[C@@H](O)[C@H](C)O1.[3H]O[C@@H]1C[C@](C)(NO)[C@@H](O)[C@H](C)O1. The van der Waals surface area contributed by atoms with Crippen molar-refractivity contribution in [3.05, 3.63) is 4.91 Å². The third-order valence-electron chi connectivity index (χ3n) is 15.3. The van der Waals surface area contributed by atoms with Gasteiger partial charge in [-0.1, -0.05) is 5.18 Å². The number of hydrogen-bond donors (Lipinski definition) is 14. The lowest BCUT2D eigenvalue weighted by Crippen LogP contribution is -2.61. The Labute approximate surface area is 592 Å². The van der Waals surface area contributed by atoms with Gasteiger partial charge in [-0.25, -0.2) is 0 Å². The third kappa shape index (κ3) is 33.7. The molecule has 0 aromatic heterocycles. The van der Waals surface area contributed by atoms with Gasteiger partial charge in [-0.05, 0) is 125 Å². The highest BCUT2D eigenvalue weighted by Crippen LogP contribution is 2.33. The van der Waals surface area contributed by atoms with Crippen molar-refractivity contribution >= 4 is 29.5 Å². The van der Waals surface area contributed by atoms with E-state index in [-0.39, 0.29) is 73.5 Å². The number of nitroso groups, excluding NO2 is 1. The quantitative estimate of drug-likeness (QED) is 0.0351. The maximum atomic E-state index is 10.5. The van der Waals surface area contributed by atoms with E-state index in [0.717, 1.165) is 0 Å². The number of ether oxygens (including phenoxy) is 16. The minimum atomic E-state index is -1.14. The van der Waals surface area contributed by atoms with E-state index in [1.165, 1.54) is 14.0 Å². The molecular formula is C61H133FN3O29P3. The molecule has 0 amide bonds. The molecule has 0 aromatic rings. The molecule has 6 saturated heterocycles. The Morgan fingerprint density at radius 3 is 1.10 bits per heavy atom. The van der Waals surface area contributed by atoms with Gasteiger partial charge < -0.3 is 143 Å². The Balaban J connectivity index is -0.000000566. The van der Waals surface area contributed by atoms with E-state index in [2.05, 4.69) is 20.5 Å². The second-order valence-corrected chi connectivity index (χ2v) is 26.4. The fourth-order valence-corrected chi connectivity index (χ4v) is 10.7. The Kier molecular flexibility index (Phi) is 46.3. The topological polar surface area (TPSA) is 458 Å². The molecule has 0 radical (unpaired) electrons. The van der Waals surface area contributed by atoms with Crippen LogP contribution in [0.3, 0.4) is 0 Å². The van der Waals surface area contributed by atoms with Gasteiger partial charge in [-0.2, -0.15) is 39.9 Å². The summed E-state index contributed by atoms with van der Waals surface area (Å²) in [5, 5.41) is 104. The summed E-state index contributed by atoms with van der Waals surface area (Å²) >= 11 is 0. The number of aliphatic hydroxyl groups excluding tert-OH is 11. The standard InChI is InChI=1S/C14H28O6.2C13H26O6.C7H15NO4.C7H13NO4.C7H15NO3.FH.3H3P/c1-8(2)18-12-10(7-16-5)20-14(19-9(3)4)13(17-6)11(12)15;2*1-7(2)17-12-9(6-16-5)19-13(18-8(3)4)11(15)10(12)14;2*1-4-6(10)7(2,8-11)3-5(9)12-4;1-4-6(10)7(2,8)3-5(9)11-4;;;;/h8-15H,7H2,1-6H3;2*7-15H,6H2,1-5H3;4-6,8-11H,3H2,1-2H3;4-6,9-10H,3H2,1-2H3;4-6,9-10H,3,8H2,1-2H3;1H;3*1H3/t10-,11+,12-,13+,14-;9-,10-,11+,12-,13-;9-,10-,11-,12-,13-;3*4-,5-,6-,7-;;;;/m111000..../s1/i;;;3*9T;;3*1D. The van der Waals surface area contributed by atoms with Crippen molar-refractivity contribution in [3.8, 4) is 0 Å². The molecule has 32 nitrogen and oxygen atoms in total. The van der Waals surface area contributed by atoms with Crippen molar-refractivity contribution in [1.29, 1.82) is 8.13 Å². The highest BCUT2D eigenvalue weighted by molar-refractivity contribution is 6.92. The lowest BCUT2D eigenvalue weighted by atomic mass is 9.86. The van der Waals surface area contributed by atoms with Gasteiger partial charge in [0.2, 0.25) is 4.29 Å². The number of methoxy groups -OCH3 is 4. The van der Waals surface area contributed by atoms with Crippen LogP contribution in [0.25, 0.3) is 0 Å². The Hall–Kier alpha value is -0.380. The maximum Gasteiger partial charge on any atom is 0.213 e. The molecule has 0 bridgehead atoms. The van der Waals surface area contributed by atoms with Crippen LogP contribution in [0, 0.1) is 4.91 Å². The summed E-state index contributed by atoms with van der Waals surface area (Å²) in [7, 11) is 11.2. The average molecular weight is 1490 g/mol. The highest BCUT2D eigenvalue weighted by Gasteiger charge is 2.51. The number of halogens is 1. The second-order valence-electron chi connectivity index (χ2n) is 26.4. The number of nitrogens with one attached hydrogen (secondary N) is 1. The van der Waals surface area contributed by atoms with E-state index in [4.69, 9.17) is 94.9 Å². The minimum absolute atomic E-state index is 0. The second kappa shape index (κ2) is 49.4. The van der Waals surface area contributed by atoms with Gasteiger partial charge >= 0.3 is 0 Å². The van der Waals surface area contributed by atoms with Crippen molar-refractivity contribution in [3.63, 3.8) is 0 Å². The first-order valence-corrected chi connectivity index (χ1v) is 31.9. The molecule has 97 heavy (non-hydrogen) atoms. The van der Waals surface area contributed by atoms with Gasteiger partial charge in [-0.15, -0.1) is 0 Å². The zero-order chi connectivity index (χ0) is 79.9. The molecule has 0 aliphatic carbocycles. The molecule has 6 heterocycles. The van der Waals surface area contributed by atoms with Crippen LogP contribution in [0.5, 0.6) is 0 Å². The van der Waals surface area contributed by atoms with Crippen LogP contribution in [-0.4, -0.2) is 319 Å². The van der Waals surface area contributed by atoms with Crippen LogP contribution in [0.4, 0.5) is 4.70 Å². The Morgan fingerprint density at radius 1 is 0.485 bits per heavy atom. The lowest BCUT2D eigenvalue weighted by molar-refractivity contribution is -0.322. The van der Waals surface area contributed by atoms with Crippen LogP contribution in [0.2, 0.25) is 0 Å². The van der Waals surface area contributed by atoms with Crippen LogP contribution in [0.15, 0.2) is 5.18 Å². The lowest BCUT2D eigenvalue weighted by Gasteiger charge is -2.44. The number of hydrogen-bond acceptors (Lipinski definition) is 32. The van der Waals surface area contributed by atoms with Gasteiger partial charge in [0.25, 0.3) is 0 Å². The van der Waals surface area contributed by atoms with E-state index in [0.29, 0.717) is 13.0 Å². The molecule has 6 aliphatic rings. The Bertz CT molecular complexity index is 2030. The summed E-state index contributed by atoms with van der Waals surface area (Å²) in [6.07, 6.45) is -17.2. The molecule has 15 N–H and O–H groups in total. The van der Waals surface area contributed by atoms with Gasteiger partial charge in [-0.3, -0.25) is 4.70 Å². The van der Waals surface area contributed by atoms with Crippen LogP contribution in [-0.2, 0) is 75.8 Å².